The number of carbonyl (C=O) groups is 1. The van der Waals surface area contributed by atoms with E-state index in [-0.39, 0.29) is 6.03 Å². The highest BCUT2D eigenvalue weighted by Crippen LogP contribution is 2.35. The van der Waals surface area contributed by atoms with Crippen LogP contribution in [0.3, 0.4) is 0 Å². The molecule has 1 aliphatic carbocycles. The van der Waals surface area contributed by atoms with Crippen LogP contribution in [-0.2, 0) is 13.0 Å². The van der Waals surface area contributed by atoms with Crippen molar-refractivity contribution >= 4 is 22.5 Å². The number of hydrogen-bond donors (Lipinski definition) is 2. The number of amides is 2. The average Bonchev–Trinajstić information content (AvgIpc) is 3.18. The average molecular weight is 292 g/mol. The molecule has 0 atom stereocenters. The van der Waals surface area contributed by atoms with E-state index in [0.29, 0.717) is 11.0 Å². The van der Waals surface area contributed by atoms with Gasteiger partial charge in [0.05, 0.1) is 5.69 Å². The second-order valence-corrected chi connectivity index (χ2v) is 6.72. The van der Waals surface area contributed by atoms with Crippen molar-refractivity contribution in [2.75, 3.05) is 18.9 Å². The van der Waals surface area contributed by atoms with Crippen LogP contribution in [0.15, 0.2) is 11.8 Å². The molecule has 0 spiro atoms. The molecule has 1 aromatic rings. The highest BCUT2D eigenvalue weighted by atomic mass is 32.1. The van der Waals surface area contributed by atoms with Crippen LogP contribution in [-0.4, -0.2) is 29.5 Å². The van der Waals surface area contributed by atoms with Gasteiger partial charge in [0, 0.05) is 30.6 Å². The molecular weight excluding hydrogens is 272 g/mol. The third kappa shape index (κ3) is 3.19. The number of urea groups is 1. The fraction of sp³-hybridized carbons (Fsp3) is 0.571. The largest absolute Gasteiger partial charge is 0.325 e. The maximum Gasteiger partial charge on any atom is 0.325 e. The van der Waals surface area contributed by atoms with E-state index in [4.69, 9.17) is 0 Å². The van der Waals surface area contributed by atoms with Crippen LogP contribution in [0.5, 0.6) is 0 Å². The van der Waals surface area contributed by atoms with Crippen molar-refractivity contribution in [2.24, 2.45) is 5.92 Å². The quantitative estimate of drug-likeness (QED) is 0.900. The van der Waals surface area contributed by atoms with E-state index in [1.807, 2.05) is 6.20 Å². The van der Waals surface area contributed by atoms with Gasteiger partial charge >= 0.3 is 6.03 Å². The van der Waals surface area contributed by atoms with Crippen molar-refractivity contribution in [2.45, 2.75) is 32.7 Å². The normalized spacial score (nSPS) is 19.6. The highest BCUT2D eigenvalue weighted by molar-refractivity contribution is 7.15. The number of aromatic nitrogens is 1. The second-order valence-electron chi connectivity index (χ2n) is 5.64. The molecule has 1 fully saturated rings. The molecule has 2 N–H and O–H groups in total. The topological polar surface area (TPSA) is 57.3 Å². The third-order valence-corrected chi connectivity index (χ3v) is 4.79. The van der Waals surface area contributed by atoms with E-state index in [0.717, 1.165) is 25.2 Å². The fourth-order valence-corrected chi connectivity index (χ4v) is 3.43. The van der Waals surface area contributed by atoms with Crippen molar-refractivity contribution in [3.05, 3.63) is 22.3 Å². The van der Waals surface area contributed by atoms with E-state index in [1.54, 1.807) is 11.3 Å². The number of nitrogens with one attached hydrogen (secondary N) is 2. The summed E-state index contributed by atoms with van der Waals surface area (Å²) in [6, 6.07) is -0.204. The number of thiazole rings is 1. The Hall–Kier alpha value is -1.40. The van der Waals surface area contributed by atoms with E-state index in [1.165, 1.54) is 23.3 Å². The molecule has 0 saturated heterocycles. The predicted molar refractivity (Wildman–Crippen MR) is 80.8 cm³/mol. The summed E-state index contributed by atoms with van der Waals surface area (Å²) in [5.41, 5.74) is 2.38. The Labute approximate surface area is 123 Å². The molecular formula is C14H20N4OS. The molecule has 2 heterocycles. The van der Waals surface area contributed by atoms with Crippen LogP contribution in [0.2, 0.25) is 0 Å². The number of anilines is 1. The summed E-state index contributed by atoms with van der Waals surface area (Å²) in [6.45, 7) is 4.03. The van der Waals surface area contributed by atoms with Crippen molar-refractivity contribution < 1.29 is 4.79 Å². The fourth-order valence-electron chi connectivity index (χ4n) is 2.35. The monoisotopic (exact) mass is 292 g/mol. The minimum absolute atomic E-state index is 0.204. The summed E-state index contributed by atoms with van der Waals surface area (Å²) < 4.78 is 0. The third-order valence-electron chi connectivity index (χ3n) is 3.79. The van der Waals surface area contributed by atoms with Gasteiger partial charge in [-0.05, 0) is 32.7 Å². The number of allylic oxidation sites excluding steroid dienone is 1. The van der Waals surface area contributed by atoms with Crippen molar-refractivity contribution in [1.29, 1.82) is 0 Å². The summed E-state index contributed by atoms with van der Waals surface area (Å²) in [7, 11) is 2.11. The lowest BCUT2D eigenvalue weighted by atomic mass is 10.2. The van der Waals surface area contributed by atoms with Gasteiger partial charge in [-0.15, -0.1) is 11.3 Å². The first-order valence-corrected chi connectivity index (χ1v) is 7.85. The Morgan fingerprint density at radius 1 is 1.50 bits per heavy atom. The minimum atomic E-state index is -0.204. The molecule has 0 bridgehead atoms. The SMILES string of the molecule is C/C(=C\NC(=O)Nc1nc2c(s1)CN(C)CC2)C1CC1. The van der Waals surface area contributed by atoms with Gasteiger partial charge in [0.1, 0.15) is 0 Å². The molecule has 5 nitrogen and oxygen atoms in total. The lowest BCUT2D eigenvalue weighted by molar-refractivity contribution is 0.255. The van der Waals surface area contributed by atoms with Crippen molar-refractivity contribution in [1.82, 2.24) is 15.2 Å². The smallest absolute Gasteiger partial charge is 0.314 e. The second kappa shape index (κ2) is 5.54. The van der Waals surface area contributed by atoms with Crippen LogP contribution in [0.1, 0.15) is 30.3 Å². The molecule has 1 aromatic heterocycles. The first-order chi connectivity index (χ1) is 9.61. The van der Waals surface area contributed by atoms with Gasteiger partial charge in [-0.3, -0.25) is 5.32 Å². The molecule has 6 heteroatoms. The first-order valence-electron chi connectivity index (χ1n) is 7.03. The van der Waals surface area contributed by atoms with Crippen molar-refractivity contribution in [3.63, 3.8) is 0 Å². The van der Waals surface area contributed by atoms with Gasteiger partial charge in [0.15, 0.2) is 5.13 Å². The number of rotatable bonds is 3. The summed E-state index contributed by atoms with van der Waals surface area (Å²) in [5, 5.41) is 6.30. The van der Waals surface area contributed by atoms with E-state index in [9.17, 15) is 4.79 Å². The molecule has 3 rings (SSSR count). The molecule has 1 saturated carbocycles. The number of fused-ring (bicyclic) bond motifs is 1. The van der Waals surface area contributed by atoms with Crippen LogP contribution < -0.4 is 10.6 Å². The predicted octanol–water partition coefficient (Wildman–Crippen LogP) is 2.57. The summed E-state index contributed by atoms with van der Waals surface area (Å²) in [6.07, 6.45) is 5.28. The van der Waals surface area contributed by atoms with E-state index < -0.39 is 0 Å². The van der Waals surface area contributed by atoms with E-state index >= 15 is 0 Å². The molecule has 0 aromatic carbocycles. The number of likely N-dealkylation sites (N-methyl/N-ethyl adjacent to an activating group) is 1. The molecule has 108 valence electrons. The van der Waals surface area contributed by atoms with Gasteiger partial charge in [0.2, 0.25) is 0 Å². The Kier molecular flexibility index (Phi) is 3.76. The number of nitrogens with zero attached hydrogens (tertiary/aromatic N) is 2. The molecule has 20 heavy (non-hydrogen) atoms. The Bertz CT molecular complexity index is 547. The number of hydrogen-bond acceptors (Lipinski definition) is 4. The Morgan fingerprint density at radius 3 is 3.05 bits per heavy atom. The molecule has 1 aliphatic heterocycles. The molecule has 2 amide bonds. The maximum atomic E-state index is 11.8. The summed E-state index contributed by atoms with van der Waals surface area (Å²) >= 11 is 1.57. The lowest BCUT2D eigenvalue weighted by Gasteiger charge is -2.20. The van der Waals surface area contributed by atoms with E-state index in [2.05, 4.69) is 34.5 Å². The molecule has 0 radical (unpaired) electrons. The highest BCUT2D eigenvalue weighted by Gasteiger charge is 2.23. The van der Waals surface area contributed by atoms with Crippen LogP contribution in [0.4, 0.5) is 9.93 Å². The Balaban J connectivity index is 1.57. The van der Waals surface area contributed by atoms with Crippen LogP contribution in [0.25, 0.3) is 0 Å². The van der Waals surface area contributed by atoms with Crippen LogP contribution in [0, 0.1) is 5.92 Å². The van der Waals surface area contributed by atoms with Gasteiger partial charge in [-0.25, -0.2) is 9.78 Å². The van der Waals surface area contributed by atoms with Gasteiger partial charge in [0.25, 0.3) is 0 Å². The zero-order valence-electron chi connectivity index (χ0n) is 11.9. The van der Waals surface area contributed by atoms with Gasteiger partial charge in [-0.1, -0.05) is 5.57 Å². The summed E-state index contributed by atoms with van der Waals surface area (Å²) in [4.78, 5) is 19.9. The summed E-state index contributed by atoms with van der Waals surface area (Å²) in [5.74, 6) is 0.679. The van der Waals surface area contributed by atoms with Gasteiger partial charge in [-0.2, -0.15) is 0 Å². The maximum absolute atomic E-state index is 11.8. The van der Waals surface area contributed by atoms with Gasteiger partial charge < -0.3 is 10.2 Å². The minimum Gasteiger partial charge on any atom is -0.314 e. The molecule has 2 aliphatic rings. The Morgan fingerprint density at radius 2 is 2.30 bits per heavy atom. The lowest BCUT2D eigenvalue weighted by Crippen LogP contribution is -2.25. The first kappa shape index (κ1) is 13.6. The number of carbonyl (C=O) groups excluding carboxylic acids is 1. The van der Waals surface area contributed by atoms with Crippen molar-refractivity contribution in [3.8, 4) is 0 Å². The standard InChI is InChI=1S/C14H20N4OS/c1-9(10-3-4-10)7-15-13(19)17-14-16-11-5-6-18(2)8-12(11)20-14/h7,10H,3-6,8H2,1-2H3,(H2,15,16,17,19)/b9-7+. The molecule has 0 unspecified atom stereocenters. The zero-order chi connectivity index (χ0) is 14.1. The van der Waals surface area contributed by atoms with Crippen LogP contribution >= 0.6 is 11.3 Å². The zero-order valence-corrected chi connectivity index (χ0v) is 12.7.